The Morgan fingerprint density at radius 1 is 1.10 bits per heavy atom. The standard InChI is InChI=1S/C21H24F3N3O3/c22-21(23,24)17-6-4-16(5-7-17)18(26-11-13-30-14-12-26)15-25-19(28)8-10-27-9-2-1-3-20(27)29/h1-7,9,18H,8,10-15H2,(H,25,28). The summed E-state index contributed by atoms with van der Waals surface area (Å²) in [6, 6.07) is 9.56. The molecule has 1 N–H and O–H groups in total. The summed E-state index contributed by atoms with van der Waals surface area (Å²) in [4.78, 5) is 26.1. The lowest BCUT2D eigenvalue weighted by molar-refractivity contribution is -0.137. The normalized spacial score (nSPS) is 16.2. The third kappa shape index (κ3) is 5.93. The Morgan fingerprint density at radius 3 is 2.43 bits per heavy atom. The van der Waals surface area contributed by atoms with Crippen molar-refractivity contribution in [3.05, 3.63) is 70.1 Å². The van der Waals surface area contributed by atoms with Gasteiger partial charge in [0.1, 0.15) is 0 Å². The fourth-order valence-electron chi connectivity index (χ4n) is 3.41. The van der Waals surface area contributed by atoms with Gasteiger partial charge < -0.3 is 14.6 Å². The van der Waals surface area contributed by atoms with E-state index >= 15 is 0 Å². The molecule has 1 atom stereocenters. The van der Waals surface area contributed by atoms with Crippen LogP contribution in [0.2, 0.25) is 0 Å². The number of hydrogen-bond donors (Lipinski definition) is 1. The Labute approximate surface area is 172 Å². The summed E-state index contributed by atoms with van der Waals surface area (Å²) in [6.45, 7) is 2.83. The van der Waals surface area contributed by atoms with Crippen LogP contribution in [0.15, 0.2) is 53.5 Å². The Hall–Kier alpha value is -2.65. The van der Waals surface area contributed by atoms with Crippen LogP contribution in [-0.4, -0.2) is 48.2 Å². The number of morpholine rings is 1. The number of ether oxygens (including phenoxy) is 1. The van der Waals surface area contributed by atoms with Crippen LogP contribution in [0.3, 0.4) is 0 Å². The maximum absolute atomic E-state index is 12.9. The number of aromatic nitrogens is 1. The van der Waals surface area contributed by atoms with E-state index < -0.39 is 11.7 Å². The van der Waals surface area contributed by atoms with Crippen molar-refractivity contribution in [2.45, 2.75) is 25.2 Å². The Balaban J connectivity index is 1.64. The van der Waals surface area contributed by atoms with E-state index in [9.17, 15) is 22.8 Å². The molecule has 2 aromatic rings. The summed E-state index contributed by atoms with van der Waals surface area (Å²) in [5.74, 6) is -0.226. The minimum atomic E-state index is -4.39. The molecule has 1 saturated heterocycles. The van der Waals surface area contributed by atoms with Crippen molar-refractivity contribution in [3.8, 4) is 0 Å². The molecule has 6 nitrogen and oxygen atoms in total. The van der Waals surface area contributed by atoms with Gasteiger partial charge in [0, 0.05) is 44.9 Å². The van der Waals surface area contributed by atoms with Gasteiger partial charge in [-0.05, 0) is 23.8 Å². The lowest BCUT2D eigenvalue weighted by Gasteiger charge is -2.35. The number of hydrogen-bond acceptors (Lipinski definition) is 4. The van der Waals surface area contributed by atoms with Gasteiger partial charge in [-0.3, -0.25) is 14.5 Å². The summed E-state index contributed by atoms with van der Waals surface area (Å²) in [7, 11) is 0. The highest BCUT2D eigenvalue weighted by atomic mass is 19.4. The van der Waals surface area contributed by atoms with Crippen molar-refractivity contribution >= 4 is 5.91 Å². The molecule has 3 rings (SSSR count). The number of carbonyl (C=O) groups excluding carboxylic acids is 1. The van der Waals surface area contributed by atoms with Crippen LogP contribution < -0.4 is 10.9 Å². The molecule has 1 aliphatic heterocycles. The molecular weight excluding hydrogens is 399 g/mol. The van der Waals surface area contributed by atoms with Crippen LogP contribution in [0, 0.1) is 0 Å². The highest BCUT2D eigenvalue weighted by Crippen LogP contribution is 2.31. The smallest absolute Gasteiger partial charge is 0.379 e. The molecule has 30 heavy (non-hydrogen) atoms. The van der Waals surface area contributed by atoms with Crippen molar-refractivity contribution in [1.29, 1.82) is 0 Å². The minimum absolute atomic E-state index is 0.132. The number of amides is 1. The zero-order chi connectivity index (χ0) is 21.6. The third-order valence-corrected chi connectivity index (χ3v) is 5.08. The summed E-state index contributed by atoms with van der Waals surface area (Å²) >= 11 is 0. The lowest BCUT2D eigenvalue weighted by atomic mass is 10.0. The number of carbonyl (C=O) groups is 1. The summed E-state index contributed by atoms with van der Waals surface area (Å²) in [5, 5.41) is 2.85. The van der Waals surface area contributed by atoms with Crippen LogP contribution in [0.25, 0.3) is 0 Å². The summed E-state index contributed by atoms with van der Waals surface area (Å²) in [5.41, 5.74) is -0.185. The largest absolute Gasteiger partial charge is 0.416 e. The molecule has 1 aromatic heterocycles. The number of alkyl halides is 3. The first-order chi connectivity index (χ1) is 14.3. The summed E-state index contributed by atoms with van der Waals surface area (Å²) in [6.07, 6.45) is -2.64. The minimum Gasteiger partial charge on any atom is -0.379 e. The van der Waals surface area contributed by atoms with Gasteiger partial charge in [-0.1, -0.05) is 18.2 Å². The second-order valence-corrected chi connectivity index (χ2v) is 7.07. The van der Waals surface area contributed by atoms with E-state index in [0.29, 0.717) is 31.9 Å². The number of pyridine rings is 1. The Morgan fingerprint density at radius 2 is 1.80 bits per heavy atom. The monoisotopic (exact) mass is 423 g/mol. The number of benzene rings is 1. The van der Waals surface area contributed by atoms with Crippen molar-refractivity contribution in [2.24, 2.45) is 0 Å². The Kier molecular flexibility index (Phi) is 7.28. The molecule has 0 aliphatic carbocycles. The zero-order valence-corrected chi connectivity index (χ0v) is 16.4. The van der Waals surface area contributed by atoms with Crippen molar-refractivity contribution in [1.82, 2.24) is 14.8 Å². The van der Waals surface area contributed by atoms with Gasteiger partial charge in [0.25, 0.3) is 5.56 Å². The molecule has 2 heterocycles. The van der Waals surface area contributed by atoms with Crippen LogP contribution in [-0.2, 0) is 22.3 Å². The molecule has 162 valence electrons. The van der Waals surface area contributed by atoms with E-state index in [1.54, 1.807) is 18.3 Å². The van der Waals surface area contributed by atoms with Crippen molar-refractivity contribution in [2.75, 3.05) is 32.8 Å². The first-order valence-electron chi connectivity index (χ1n) is 9.76. The second kappa shape index (κ2) is 9.90. The molecular formula is C21H24F3N3O3. The van der Waals surface area contributed by atoms with Gasteiger partial charge in [0.15, 0.2) is 0 Å². The van der Waals surface area contributed by atoms with Gasteiger partial charge >= 0.3 is 6.18 Å². The van der Waals surface area contributed by atoms with Crippen molar-refractivity contribution in [3.63, 3.8) is 0 Å². The highest BCUT2D eigenvalue weighted by Gasteiger charge is 2.31. The topological polar surface area (TPSA) is 63.6 Å². The maximum Gasteiger partial charge on any atom is 0.416 e. The molecule has 0 bridgehead atoms. The quantitative estimate of drug-likeness (QED) is 0.743. The molecule has 0 radical (unpaired) electrons. The molecule has 1 amide bonds. The van der Waals surface area contributed by atoms with Gasteiger partial charge in [-0.15, -0.1) is 0 Å². The van der Waals surface area contributed by atoms with Crippen LogP contribution >= 0.6 is 0 Å². The molecule has 1 fully saturated rings. The number of nitrogens with one attached hydrogen (secondary N) is 1. The van der Waals surface area contributed by atoms with Crippen molar-refractivity contribution < 1.29 is 22.7 Å². The van der Waals surface area contributed by atoms with Gasteiger partial charge in [-0.2, -0.15) is 13.2 Å². The molecule has 1 unspecified atom stereocenters. The number of aryl methyl sites for hydroxylation is 1. The average molecular weight is 423 g/mol. The van der Waals surface area contributed by atoms with Gasteiger partial charge in [0.2, 0.25) is 5.91 Å². The van der Waals surface area contributed by atoms with Crippen LogP contribution in [0.1, 0.15) is 23.6 Å². The fraction of sp³-hybridized carbons (Fsp3) is 0.429. The summed E-state index contributed by atoms with van der Waals surface area (Å²) < 4.78 is 45.4. The van der Waals surface area contributed by atoms with E-state index in [4.69, 9.17) is 4.74 Å². The molecule has 1 aliphatic rings. The first kappa shape index (κ1) is 22.0. The number of nitrogens with zero attached hydrogens (tertiary/aromatic N) is 2. The maximum atomic E-state index is 12.9. The van der Waals surface area contributed by atoms with Crippen LogP contribution in [0.4, 0.5) is 13.2 Å². The number of halogens is 3. The molecule has 1 aromatic carbocycles. The number of rotatable bonds is 7. The third-order valence-electron chi connectivity index (χ3n) is 5.08. The first-order valence-corrected chi connectivity index (χ1v) is 9.76. The predicted molar refractivity (Wildman–Crippen MR) is 105 cm³/mol. The van der Waals surface area contributed by atoms with E-state index in [-0.39, 0.29) is 37.0 Å². The van der Waals surface area contributed by atoms with Crippen LogP contribution in [0.5, 0.6) is 0 Å². The van der Waals surface area contributed by atoms with E-state index in [0.717, 1.165) is 12.1 Å². The van der Waals surface area contributed by atoms with E-state index in [1.165, 1.54) is 22.8 Å². The molecule has 0 spiro atoms. The lowest BCUT2D eigenvalue weighted by Crippen LogP contribution is -2.44. The molecule has 0 saturated carbocycles. The SMILES string of the molecule is O=C(CCn1ccccc1=O)NCC(c1ccc(C(F)(F)F)cc1)N1CCOCC1. The zero-order valence-electron chi connectivity index (χ0n) is 16.4. The van der Waals surface area contributed by atoms with Gasteiger partial charge in [-0.25, -0.2) is 0 Å². The Bertz CT molecular complexity index is 891. The van der Waals surface area contributed by atoms with E-state index in [2.05, 4.69) is 10.2 Å². The predicted octanol–water partition coefficient (Wildman–Crippen LogP) is 2.45. The van der Waals surface area contributed by atoms with Gasteiger partial charge in [0.05, 0.1) is 24.8 Å². The van der Waals surface area contributed by atoms with E-state index in [1.807, 2.05) is 0 Å². The molecule has 9 heteroatoms. The second-order valence-electron chi connectivity index (χ2n) is 7.07. The average Bonchev–Trinajstić information content (AvgIpc) is 2.74. The highest BCUT2D eigenvalue weighted by molar-refractivity contribution is 5.75. The fourth-order valence-corrected chi connectivity index (χ4v) is 3.41.